The van der Waals surface area contributed by atoms with Crippen molar-refractivity contribution in [2.24, 2.45) is 0 Å². The van der Waals surface area contributed by atoms with E-state index < -0.39 is 0 Å². The van der Waals surface area contributed by atoms with Gasteiger partial charge in [0.1, 0.15) is 0 Å². The average Bonchev–Trinajstić information content (AvgIpc) is 2.53. The molecule has 0 aliphatic rings. The van der Waals surface area contributed by atoms with Gasteiger partial charge < -0.3 is 14.2 Å². The van der Waals surface area contributed by atoms with Crippen molar-refractivity contribution < 1.29 is 19.0 Å². The summed E-state index contributed by atoms with van der Waals surface area (Å²) in [5.41, 5.74) is 1.87. The quantitative estimate of drug-likeness (QED) is 0.791. The highest BCUT2D eigenvalue weighted by Gasteiger charge is 2.23. The van der Waals surface area contributed by atoms with E-state index in [4.69, 9.17) is 14.2 Å². The highest BCUT2D eigenvalue weighted by Crippen LogP contribution is 2.43. The smallest absolute Gasteiger partial charge is 0.204 e. The van der Waals surface area contributed by atoms with Gasteiger partial charge in [0.15, 0.2) is 17.3 Å². The van der Waals surface area contributed by atoms with Gasteiger partial charge >= 0.3 is 0 Å². The van der Waals surface area contributed by atoms with Crippen LogP contribution in [0, 0.1) is 6.92 Å². The third-order valence-corrected chi connectivity index (χ3v) is 3.27. The topological polar surface area (TPSA) is 44.8 Å². The molecule has 21 heavy (non-hydrogen) atoms. The summed E-state index contributed by atoms with van der Waals surface area (Å²) >= 11 is 0. The van der Waals surface area contributed by atoms with Crippen molar-refractivity contribution in [2.75, 3.05) is 21.3 Å². The van der Waals surface area contributed by atoms with E-state index in [9.17, 15) is 4.79 Å². The number of aryl methyl sites for hydroxylation is 1. The summed E-state index contributed by atoms with van der Waals surface area (Å²) in [7, 11) is 4.59. The third-order valence-electron chi connectivity index (χ3n) is 3.27. The van der Waals surface area contributed by atoms with Gasteiger partial charge in [-0.15, -0.1) is 0 Å². The van der Waals surface area contributed by atoms with Crippen LogP contribution in [-0.4, -0.2) is 27.1 Å². The molecular formula is C17H18O4. The second-order valence-electron chi connectivity index (χ2n) is 4.54. The lowest BCUT2D eigenvalue weighted by atomic mass is 9.99. The molecule has 0 N–H and O–H groups in total. The molecule has 110 valence electrons. The highest BCUT2D eigenvalue weighted by molar-refractivity contribution is 6.11. The van der Waals surface area contributed by atoms with Crippen LogP contribution in [0.4, 0.5) is 0 Å². The number of carbonyl (C=O) groups excluding carboxylic acids is 1. The van der Waals surface area contributed by atoms with Crippen LogP contribution in [0.3, 0.4) is 0 Å². The molecule has 2 rings (SSSR count). The molecule has 0 aliphatic carbocycles. The van der Waals surface area contributed by atoms with Crippen molar-refractivity contribution >= 4 is 5.78 Å². The van der Waals surface area contributed by atoms with Gasteiger partial charge in [0.05, 0.1) is 26.9 Å². The number of ketones is 1. The van der Waals surface area contributed by atoms with E-state index in [0.29, 0.717) is 28.4 Å². The lowest BCUT2D eigenvalue weighted by Gasteiger charge is -2.17. The lowest BCUT2D eigenvalue weighted by molar-refractivity contribution is 0.103. The van der Waals surface area contributed by atoms with Crippen LogP contribution in [-0.2, 0) is 0 Å². The molecule has 2 aromatic carbocycles. The molecule has 0 unspecified atom stereocenters. The molecule has 0 heterocycles. The van der Waals surface area contributed by atoms with Gasteiger partial charge in [-0.2, -0.15) is 0 Å². The van der Waals surface area contributed by atoms with Crippen LogP contribution in [0.2, 0.25) is 0 Å². The van der Waals surface area contributed by atoms with E-state index in [1.54, 1.807) is 25.3 Å². The Labute approximate surface area is 124 Å². The summed E-state index contributed by atoms with van der Waals surface area (Å²) in [5.74, 6) is 1.27. The predicted octanol–water partition coefficient (Wildman–Crippen LogP) is 3.25. The molecule has 0 aliphatic heterocycles. The van der Waals surface area contributed by atoms with Gasteiger partial charge in [0.25, 0.3) is 0 Å². The zero-order valence-corrected chi connectivity index (χ0v) is 12.6. The molecule has 0 radical (unpaired) electrons. The van der Waals surface area contributed by atoms with Crippen LogP contribution in [0.5, 0.6) is 17.2 Å². The van der Waals surface area contributed by atoms with Crippen LogP contribution in [0.1, 0.15) is 21.5 Å². The van der Waals surface area contributed by atoms with Crippen molar-refractivity contribution in [1.29, 1.82) is 0 Å². The lowest BCUT2D eigenvalue weighted by Crippen LogP contribution is -2.07. The summed E-state index contributed by atoms with van der Waals surface area (Å²) in [6, 6.07) is 10.8. The van der Waals surface area contributed by atoms with Crippen LogP contribution >= 0.6 is 0 Å². The molecule has 0 spiro atoms. The van der Waals surface area contributed by atoms with Crippen LogP contribution in [0.25, 0.3) is 0 Å². The van der Waals surface area contributed by atoms with E-state index in [-0.39, 0.29) is 5.78 Å². The molecule has 0 bridgehead atoms. The van der Waals surface area contributed by atoms with Gasteiger partial charge in [0.2, 0.25) is 5.75 Å². The molecule has 4 nitrogen and oxygen atoms in total. The number of methoxy groups -OCH3 is 3. The maximum atomic E-state index is 12.7. The van der Waals surface area contributed by atoms with Crippen molar-refractivity contribution in [2.45, 2.75) is 6.92 Å². The van der Waals surface area contributed by atoms with Crippen molar-refractivity contribution in [3.63, 3.8) is 0 Å². The number of hydrogen-bond donors (Lipinski definition) is 0. The number of ether oxygens (including phenoxy) is 3. The largest absolute Gasteiger partial charge is 0.492 e. The summed E-state index contributed by atoms with van der Waals surface area (Å²) in [6.07, 6.45) is 0. The predicted molar refractivity (Wildman–Crippen MR) is 80.7 cm³/mol. The maximum Gasteiger partial charge on any atom is 0.204 e. The molecule has 0 aromatic heterocycles. The first-order valence-corrected chi connectivity index (χ1v) is 6.53. The normalized spacial score (nSPS) is 10.1. The second-order valence-corrected chi connectivity index (χ2v) is 4.54. The fraction of sp³-hybridized carbons (Fsp3) is 0.235. The first-order valence-electron chi connectivity index (χ1n) is 6.53. The number of hydrogen-bond acceptors (Lipinski definition) is 4. The Kier molecular flexibility index (Phi) is 4.48. The summed E-state index contributed by atoms with van der Waals surface area (Å²) in [6.45, 7) is 1.86. The molecule has 0 saturated heterocycles. The Balaban J connectivity index is 2.64. The molecule has 0 fully saturated rings. The van der Waals surface area contributed by atoms with Gasteiger partial charge in [0, 0.05) is 5.56 Å². The van der Waals surface area contributed by atoms with E-state index >= 15 is 0 Å². The van der Waals surface area contributed by atoms with Gasteiger partial charge in [-0.05, 0) is 18.6 Å². The Bertz CT molecular complexity index is 648. The number of benzene rings is 2. The SMILES string of the molecule is COc1c(C)cc(C(=O)c2ccccc2)c(OC)c1OC. The minimum Gasteiger partial charge on any atom is -0.492 e. The molecular weight excluding hydrogens is 268 g/mol. The summed E-state index contributed by atoms with van der Waals surface area (Å²) in [5, 5.41) is 0. The molecule has 0 amide bonds. The van der Waals surface area contributed by atoms with Crippen LogP contribution in [0.15, 0.2) is 36.4 Å². The molecule has 4 heteroatoms. The van der Waals surface area contributed by atoms with E-state index in [2.05, 4.69) is 0 Å². The monoisotopic (exact) mass is 286 g/mol. The van der Waals surface area contributed by atoms with Gasteiger partial charge in [-0.3, -0.25) is 4.79 Å². The van der Waals surface area contributed by atoms with Crippen molar-refractivity contribution in [3.8, 4) is 17.2 Å². The van der Waals surface area contributed by atoms with Crippen molar-refractivity contribution in [3.05, 3.63) is 53.1 Å². The zero-order chi connectivity index (χ0) is 15.4. The van der Waals surface area contributed by atoms with Gasteiger partial charge in [-0.1, -0.05) is 30.3 Å². The Morgan fingerprint density at radius 1 is 0.857 bits per heavy atom. The third kappa shape index (κ3) is 2.70. The minimum absolute atomic E-state index is 0.114. The van der Waals surface area contributed by atoms with Crippen molar-refractivity contribution in [1.82, 2.24) is 0 Å². The standard InChI is InChI=1S/C17H18O4/c1-11-10-13(14(18)12-8-6-5-7-9-12)16(20-3)17(21-4)15(11)19-2/h5-10H,1-4H3. The van der Waals surface area contributed by atoms with Crippen LogP contribution < -0.4 is 14.2 Å². The fourth-order valence-corrected chi connectivity index (χ4v) is 2.31. The molecule has 0 saturated carbocycles. The number of carbonyl (C=O) groups is 1. The molecule has 2 aromatic rings. The maximum absolute atomic E-state index is 12.7. The number of rotatable bonds is 5. The Hall–Kier alpha value is -2.49. The zero-order valence-electron chi connectivity index (χ0n) is 12.6. The summed E-state index contributed by atoms with van der Waals surface area (Å²) < 4.78 is 16.1. The Morgan fingerprint density at radius 3 is 1.95 bits per heavy atom. The second kappa shape index (κ2) is 6.31. The summed E-state index contributed by atoms with van der Waals surface area (Å²) in [4.78, 5) is 12.7. The van der Waals surface area contributed by atoms with E-state index in [1.165, 1.54) is 14.2 Å². The Morgan fingerprint density at radius 2 is 1.43 bits per heavy atom. The fourth-order valence-electron chi connectivity index (χ4n) is 2.31. The minimum atomic E-state index is -0.114. The molecule has 0 atom stereocenters. The average molecular weight is 286 g/mol. The first kappa shape index (κ1) is 14.9. The van der Waals surface area contributed by atoms with E-state index in [1.807, 2.05) is 25.1 Å². The van der Waals surface area contributed by atoms with Gasteiger partial charge in [-0.25, -0.2) is 0 Å². The first-order chi connectivity index (χ1) is 10.1. The highest BCUT2D eigenvalue weighted by atomic mass is 16.5. The van der Waals surface area contributed by atoms with E-state index in [0.717, 1.165) is 5.56 Å².